The summed E-state index contributed by atoms with van der Waals surface area (Å²) >= 11 is 0. The first-order valence-corrected chi connectivity index (χ1v) is 11.1. The summed E-state index contributed by atoms with van der Waals surface area (Å²) in [5.41, 5.74) is 2.50. The molecule has 1 fully saturated rings. The van der Waals surface area contributed by atoms with Crippen LogP contribution in [0.4, 0.5) is 0 Å². The van der Waals surface area contributed by atoms with E-state index < -0.39 is 10.0 Å². The molecule has 5 nitrogen and oxygen atoms in total. The molecule has 2 aromatic rings. The largest absolute Gasteiger partial charge is 0.492 e. The molecule has 0 amide bonds. The monoisotopic (exact) mass is 386 g/mol. The van der Waals surface area contributed by atoms with Crippen LogP contribution in [0.1, 0.15) is 17.5 Å². The highest BCUT2D eigenvalue weighted by atomic mass is 32.2. The molecule has 1 heterocycles. The highest BCUT2D eigenvalue weighted by Gasteiger charge is 2.29. The molecule has 0 N–H and O–H groups in total. The maximum Gasteiger partial charge on any atom is 0.243 e. The number of rotatable bonds is 6. The molecular weight excluding hydrogens is 360 g/mol. The number of aryl methyl sites for hydroxylation is 2. The summed E-state index contributed by atoms with van der Waals surface area (Å²) in [6, 6.07) is 15.4. The Morgan fingerprint density at radius 3 is 2.41 bits per heavy atom. The lowest BCUT2D eigenvalue weighted by molar-refractivity contribution is 0.159. The topological polar surface area (TPSA) is 49.9 Å². The minimum Gasteiger partial charge on any atom is -0.492 e. The molecule has 6 heteroatoms. The molecule has 1 saturated heterocycles. The molecule has 1 aliphatic heterocycles. The van der Waals surface area contributed by atoms with E-state index in [9.17, 15) is 8.42 Å². The van der Waals surface area contributed by atoms with Crippen LogP contribution in [0, 0.1) is 0 Å². The highest BCUT2D eigenvalue weighted by molar-refractivity contribution is 7.89. The number of hydrogen-bond donors (Lipinski definition) is 0. The number of ether oxygens (including phenoxy) is 1. The Kier molecular flexibility index (Phi) is 5.48. The van der Waals surface area contributed by atoms with Gasteiger partial charge in [-0.2, -0.15) is 4.31 Å². The molecule has 0 atom stereocenters. The van der Waals surface area contributed by atoms with E-state index in [0.29, 0.717) is 24.6 Å². The van der Waals surface area contributed by atoms with Gasteiger partial charge in [0.05, 0.1) is 4.90 Å². The third-order valence-electron chi connectivity index (χ3n) is 5.46. The molecular formula is C21H26N2O3S. The van der Waals surface area contributed by atoms with Gasteiger partial charge < -0.3 is 4.74 Å². The fraction of sp³-hybridized carbons (Fsp3) is 0.429. The second kappa shape index (κ2) is 8.00. The number of fused-ring (bicyclic) bond motifs is 1. The van der Waals surface area contributed by atoms with Gasteiger partial charge in [-0.15, -0.1) is 0 Å². The first-order valence-electron chi connectivity index (χ1n) is 9.65. The second-order valence-electron chi connectivity index (χ2n) is 7.19. The Labute approximate surface area is 161 Å². The van der Waals surface area contributed by atoms with Gasteiger partial charge >= 0.3 is 0 Å². The van der Waals surface area contributed by atoms with E-state index in [4.69, 9.17) is 4.74 Å². The van der Waals surface area contributed by atoms with Crippen LogP contribution in [0.25, 0.3) is 0 Å². The van der Waals surface area contributed by atoms with Gasteiger partial charge in [0.25, 0.3) is 0 Å². The SMILES string of the molecule is O=S(=O)(c1ccc2c(c1)CCC2)N1CCN(CCOc2ccccc2)CC1. The standard InChI is InChI=1S/C21H26N2O3S/c24-27(25,21-10-9-18-5-4-6-19(18)17-21)23-13-11-22(12-14-23)15-16-26-20-7-2-1-3-8-20/h1-3,7-10,17H,4-6,11-16H2. The van der Waals surface area contributed by atoms with E-state index in [1.54, 1.807) is 10.4 Å². The quantitative estimate of drug-likeness (QED) is 0.766. The van der Waals surface area contributed by atoms with Crippen molar-refractivity contribution < 1.29 is 13.2 Å². The van der Waals surface area contributed by atoms with Crippen molar-refractivity contribution in [2.24, 2.45) is 0 Å². The fourth-order valence-electron chi connectivity index (χ4n) is 3.86. The van der Waals surface area contributed by atoms with E-state index >= 15 is 0 Å². The van der Waals surface area contributed by atoms with E-state index in [2.05, 4.69) is 4.90 Å². The van der Waals surface area contributed by atoms with Crippen LogP contribution in [0.2, 0.25) is 0 Å². The second-order valence-corrected chi connectivity index (χ2v) is 9.13. The number of nitrogens with zero attached hydrogens (tertiary/aromatic N) is 2. The maximum absolute atomic E-state index is 13.0. The molecule has 0 bridgehead atoms. The molecule has 2 aromatic carbocycles. The van der Waals surface area contributed by atoms with E-state index in [0.717, 1.165) is 44.6 Å². The zero-order chi connectivity index (χ0) is 18.7. The predicted molar refractivity (Wildman–Crippen MR) is 106 cm³/mol. The van der Waals surface area contributed by atoms with Crippen LogP contribution in [-0.2, 0) is 22.9 Å². The Morgan fingerprint density at radius 2 is 1.63 bits per heavy atom. The molecule has 0 saturated carbocycles. The first-order chi connectivity index (χ1) is 13.1. The molecule has 0 spiro atoms. The summed E-state index contributed by atoms with van der Waals surface area (Å²) in [5, 5.41) is 0. The smallest absolute Gasteiger partial charge is 0.243 e. The number of sulfonamides is 1. The van der Waals surface area contributed by atoms with Crippen molar-refractivity contribution >= 4 is 10.0 Å². The molecule has 0 radical (unpaired) electrons. The molecule has 144 valence electrons. The van der Waals surface area contributed by atoms with Crippen LogP contribution in [0.15, 0.2) is 53.4 Å². The normalized spacial score (nSPS) is 18.4. The highest BCUT2D eigenvalue weighted by Crippen LogP contribution is 2.26. The predicted octanol–water partition coefficient (Wildman–Crippen LogP) is 2.56. The summed E-state index contributed by atoms with van der Waals surface area (Å²) in [5.74, 6) is 0.871. The van der Waals surface area contributed by atoms with Crippen molar-refractivity contribution in [3.05, 3.63) is 59.7 Å². The third-order valence-corrected chi connectivity index (χ3v) is 7.35. The number of piperazine rings is 1. The van der Waals surface area contributed by atoms with Gasteiger partial charge in [0.1, 0.15) is 12.4 Å². The lowest BCUT2D eigenvalue weighted by Crippen LogP contribution is -2.49. The molecule has 1 aliphatic carbocycles. The van der Waals surface area contributed by atoms with Crippen molar-refractivity contribution in [1.29, 1.82) is 0 Å². The van der Waals surface area contributed by atoms with E-state index in [1.165, 1.54) is 11.1 Å². The summed E-state index contributed by atoms with van der Waals surface area (Å²) in [6.45, 7) is 3.96. The molecule has 2 aliphatic rings. The van der Waals surface area contributed by atoms with Crippen LogP contribution in [0.3, 0.4) is 0 Å². The van der Waals surface area contributed by atoms with Gasteiger partial charge in [0.2, 0.25) is 10.0 Å². The van der Waals surface area contributed by atoms with Crippen LogP contribution < -0.4 is 4.74 Å². The molecule has 4 rings (SSSR count). The lowest BCUT2D eigenvalue weighted by atomic mass is 10.1. The van der Waals surface area contributed by atoms with Gasteiger partial charge in [-0.3, -0.25) is 4.90 Å². The van der Waals surface area contributed by atoms with Gasteiger partial charge in [0.15, 0.2) is 0 Å². The number of benzene rings is 2. The van der Waals surface area contributed by atoms with Crippen molar-refractivity contribution in [1.82, 2.24) is 9.21 Å². The average molecular weight is 387 g/mol. The van der Waals surface area contributed by atoms with Crippen LogP contribution in [-0.4, -0.2) is 57.0 Å². The first kappa shape index (κ1) is 18.5. The van der Waals surface area contributed by atoms with Crippen molar-refractivity contribution in [2.45, 2.75) is 24.2 Å². The summed E-state index contributed by atoms with van der Waals surface area (Å²) < 4.78 is 33.3. The Balaban J connectivity index is 1.30. The van der Waals surface area contributed by atoms with Crippen LogP contribution >= 0.6 is 0 Å². The number of hydrogen-bond acceptors (Lipinski definition) is 4. The Bertz CT molecular complexity index is 876. The van der Waals surface area contributed by atoms with Crippen LogP contribution in [0.5, 0.6) is 5.75 Å². The maximum atomic E-state index is 13.0. The van der Waals surface area contributed by atoms with Gasteiger partial charge in [0, 0.05) is 32.7 Å². The Morgan fingerprint density at radius 1 is 0.889 bits per heavy atom. The van der Waals surface area contributed by atoms with Crippen molar-refractivity contribution in [3.8, 4) is 5.75 Å². The van der Waals surface area contributed by atoms with Gasteiger partial charge in [-0.05, 0) is 54.7 Å². The minimum atomic E-state index is -3.40. The van der Waals surface area contributed by atoms with Gasteiger partial charge in [-0.1, -0.05) is 24.3 Å². The van der Waals surface area contributed by atoms with E-state index in [-0.39, 0.29) is 0 Å². The molecule has 27 heavy (non-hydrogen) atoms. The summed E-state index contributed by atoms with van der Waals surface area (Å²) in [4.78, 5) is 2.71. The zero-order valence-corrected chi connectivity index (χ0v) is 16.3. The summed E-state index contributed by atoms with van der Waals surface area (Å²) in [7, 11) is -3.40. The Hall–Kier alpha value is -1.89. The van der Waals surface area contributed by atoms with Gasteiger partial charge in [-0.25, -0.2) is 8.42 Å². The third kappa shape index (κ3) is 4.18. The lowest BCUT2D eigenvalue weighted by Gasteiger charge is -2.33. The summed E-state index contributed by atoms with van der Waals surface area (Å²) in [6.07, 6.45) is 3.19. The van der Waals surface area contributed by atoms with Crippen molar-refractivity contribution in [3.63, 3.8) is 0 Å². The van der Waals surface area contributed by atoms with E-state index in [1.807, 2.05) is 42.5 Å². The zero-order valence-electron chi connectivity index (χ0n) is 15.5. The minimum absolute atomic E-state index is 0.448. The van der Waals surface area contributed by atoms with Crippen molar-refractivity contribution in [2.75, 3.05) is 39.3 Å². The molecule has 0 unspecified atom stereocenters. The average Bonchev–Trinajstić information content (AvgIpc) is 3.17. The molecule has 0 aromatic heterocycles. The number of para-hydroxylation sites is 1. The fourth-order valence-corrected chi connectivity index (χ4v) is 5.33.